The second-order valence-corrected chi connectivity index (χ2v) is 8.59. The first kappa shape index (κ1) is 21.2. The Hall–Kier alpha value is -2.54. The first-order valence-corrected chi connectivity index (χ1v) is 10.6. The Morgan fingerprint density at radius 2 is 2.00 bits per heavy atom. The molecular weight excluding hydrogens is 388 g/mol. The molecule has 29 heavy (non-hydrogen) atoms. The van der Waals surface area contributed by atoms with Crippen molar-refractivity contribution in [3.05, 3.63) is 46.2 Å². The molecule has 0 bridgehead atoms. The molecule has 2 heterocycles. The number of carbonyl (C=O) groups is 2. The van der Waals surface area contributed by atoms with Gasteiger partial charge in [0, 0.05) is 37.2 Å². The molecule has 156 valence electrons. The third-order valence-corrected chi connectivity index (χ3v) is 6.06. The van der Waals surface area contributed by atoms with Crippen molar-refractivity contribution in [1.82, 2.24) is 10.2 Å². The predicted molar refractivity (Wildman–Crippen MR) is 114 cm³/mol. The van der Waals surface area contributed by atoms with Crippen LogP contribution in [0.25, 0.3) is 0 Å². The quantitative estimate of drug-likeness (QED) is 0.751. The lowest BCUT2D eigenvalue weighted by atomic mass is 9.87. The molecule has 1 aromatic heterocycles. The van der Waals surface area contributed by atoms with Crippen molar-refractivity contribution in [2.75, 3.05) is 33.9 Å². The molecule has 0 saturated carbocycles. The van der Waals surface area contributed by atoms with Crippen LogP contribution >= 0.6 is 11.3 Å². The Balaban J connectivity index is 1.90. The van der Waals surface area contributed by atoms with E-state index in [2.05, 4.69) is 19.2 Å². The standard InChI is InChI=1S/C22H28N2O4S/c1-14(2)11-23-21(25)18-13-24(22(26)20-6-5-9-29-20)12-17(18)16-8-7-15(27-3)10-19(16)28-4/h5-10,14,17-18H,11-13H2,1-4H3,(H,23,25)/t17-,18+/m0/s1. The number of carbonyl (C=O) groups excluding carboxylic acids is 2. The fourth-order valence-corrected chi connectivity index (χ4v) is 4.36. The number of ether oxygens (including phenoxy) is 2. The van der Waals surface area contributed by atoms with Crippen LogP contribution in [0.4, 0.5) is 0 Å². The molecule has 1 aliphatic rings. The molecule has 0 unspecified atom stereocenters. The first-order valence-electron chi connectivity index (χ1n) is 9.77. The predicted octanol–water partition coefficient (Wildman–Crippen LogP) is 3.39. The average molecular weight is 417 g/mol. The number of hydrogen-bond acceptors (Lipinski definition) is 5. The van der Waals surface area contributed by atoms with E-state index in [-0.39, 0.29) is 23.7 Å². The lowest BCUT2D eigenvalue weighted by Gasteiger charge is -2.21. The number of thiophene rings is 1. The van der Waals surface area contributed by atoms with Crippen LogP contribution in [0.2, 0.25) is 0 Å². The molecule has 1 saturated heterocycles. The molecule has 1 N–H and O–H groups in total. The molecule has 1 aliphatic heterocycles. The summed E-state index contributed by atoms with van der Waals surface area (Å²) in [5.41, 5.74) is 0.916. The van der Waals surface area contributed by atoms with Gasteiger partial charge in [0.15, 0.2) is 0 Å². The molecule has 1 aromatic carbocycles. The summed E-state index contributed by atoms with van der Waals surface area (Å²) in [5.74, 6) is 1.18. The average Bonchev–Trinajstić information content (AvgIpc) is 3.41. The largest absolute Gasteiger partial charge is 0.497 e. The highest BCUT2D eigenvalue weighted by Crippen LogP contribution is 2.40. The number of methoxy groups -OCH3 is 2. The van der Waals surface area contributed by atoms with Crippen molar-refractivity contribution < 1.29 is 19.1 Å². The summed E-state index contributed by atoms with van der Waals surface area (Å²) in [7, 11) is 3.21. The van der Waals surface area contributed by atoms with Gasteiger partial charge in [0.1, 0.15) is 11.5 Å². The van der Waals surface area contributed by atoms with Crippen molar-refractivity contribution in [2.45, 2.75) is 19.8 Å². The Morgan fingerprint density at radius 1 is 1.21 bits per heavy atom. The topological polar surface area (TPSA) is 67.9 Å². The first-order chi connectivity index (χ1) is 13.9. The molecule has 2 atom stereocenters. The van der Waals surface area contributed by atoms with Gasteiger partial charge < -0.3 is 19.7 Å². The van der Waals surface area contributed by atoms with Crippen LogP contribution in [0, 0.1) is 11.8 Å². The second kappa shape index (κ2) is 9.31. The van der Waals surface area contributed by atoms with E-state index in [1.54, 1.807) is 19.1 Å². The van der Waals surface area contributed by atoms with E-state index in [4.69, 9.17) is 9.47 Å². The van der Waals surface area contributed by atoms with Crippen LogP contribution in [0.1, 0.15) is 35.0 Å². The SMILES string of the molecule is COc1ccc([C@@H]2CN(C(=O)c3cccs3)C[C@H]2C(=O)NCC(C)C)c(OC)c1. The molecule has 0 aliphatic carbocycles. The molecule has 6 nitrogen and oxygen atoms in total. The molecule has 2 aromatic rings. The van der Waals surface area contributed by atoms with Crippen molar-refractivity contribution in [3.8, 4) is 11.5 Å². The lowest BCUT2D eigenvalue weighted by molar-refractivity contribution is -0.125. The van der Waals surface area contributed by atoms with Gasteiger partial charge in [-0.25, -0.2) is 0 Å². The van der Waals surface area contributed by atoms with E-state index in [9.17, 15) is 9.59 Å². The maximum Gasteiger partial charge on any atom is 0.263 e. The zero-order valence-corrected chi connectivity index (χ0v) is 18.1. The number of nitrogens with one attached hydrogen (secondary N) is 1. The van der Waals surface area contributed by atoms with Crippen molar-refractivity contribution in [3.63, 3.8) is 0 Å². The van der Waals surface area contributed by atoms with E-state index in [0.29, 0.717) is 41.9 Å². The molecule has 3 rings (SSSR count). The fourth-order valence-electron chi connectivity index (χ4n) is 3.67. The third kappa shape index (κ3) is 4.72. The van der Waals surface area contributed by atoms with Gasteiger partial charge >= 0.3 is 0 Å². The van der Waals surface area contributed by atoms with E-state index < -0.39 is 0 Å². The van der Waals surface area contributed by atoms with Gasteiger partial charge in [0.25, 0.3) is 5.91 Å². The highest BCUT2D eigenvalue weighted by atomic mass is 32.1. The molecule has 1 fully saturated rings. The van der Waals surface area contributed by atoms with Gasteiger partial charge in [-0.05, 0) is 23.4 Å². The number of nitrogens with zero attached hydrogens (tertiary/aromatic N) is 1. The number of benzene rings is 1. The van der Waals surface area contributed by atoms with Crippen LogP contribution in [0.3, 0.4) is 0 Å². The van der Waals surface area contributed by atoms with Gasteiger partial charge in [-0.3, -0.25) is 9.59 Å². The normalized spacial score (nSPS) is 18.7. The highest BCUT2D eigenvalue weighted by Gasteiger charge is 2.42. The zero-order valence-electron chi connectivity index (χ0n) is 17.3. The van der Waals surface area contributed by atoms with Gasteiger partial charge in [-0.1, -0.05) is 26.0 Å². The number of likely N-dealkylation sites (tertiary alicyclic amines) is 1. The summed E-state index contributed by atoms with van der Waals surface area (Å²) in [5, 5.41) is 4.93. The second-order valence-electron chi connectivity index (χ2n) is 7.65. The highest BCUT2D eigenvalue weighted by molar-refractivity contribution is 7.12. The monoisotopic (exact) mass is 416 g/mol. The molecule has 2 amide bonds. The van der Waals surface area contributed by atoms with Gasteiger partial charge in [0.2, 0.25) is 5.91 Å². The number of hydrogen-bond donors (Lipinski definition) is 1. The van der Waals surface area contributed by atoms with E-state index in [1.807, 2.05) is 35.7 Å². The van der Waals surface area contributed by atoms with Gasteiger partial charge in [-0.2, -0.15) is 0 Å². The Labute approximate surface area is 175 Å². The Bertz CT molecular complexity index is 851. The summed E-state index contributed by atoms with van der Waals surface area (Å²) >= 11 is 1.42. The summed E-state index contributed by atoms with van der Waals surface area (Å²) in [6, 6.07) is 9.31. The van der Waals surface area contributed by atoms with E-state index in [1.165, 1.54) is 11.3 Å². The van der Waals surface area contributed by atoms with E-state index >= 15 is 0 Å². The summed E-state index contributed by atoms with van der Waals surface area (Å²) < 4.78 is 10.9. The third-order valence-electron chi connectivity index (χ3n) is 5.20. The maximum atomic E-state index is 13.0. The zero-order chi connectivity index (χ0) is 21.0. The smallest absolute Gasteiger partial charge is 0.263 e. The molecular formula is C22H28N2O4S. The molecule has 0 spiro atoms. The Kier molecular flexibility index (Phi) is 6.79. The maximum absolute atomic E-state index is 13.0. The lowest BCUT2D eigenvalue weighted by Crippen LogP contribution is -2.37. The fraction of sp³-hybridized carbons (Fsp3) is 0.455. The minimum Gasteiger partial charge on any atom is -0.497 e. The van der Waals surface area contributed by atoms with Crippen molar-refractivity contribution in [2.24, 2.45) is 11.8 Å². The van der Waals surface area contributed by atoms with Gasteiger partial charge in [0.05, 0.1) is 25.0 Å². The summed E-state index contributed by atoms with van der Waals surface area (Å²) in [6.07, 6.45) is 0. The van der Waals surface area contributed by atoms with Crippen LogP contribution in [0.5, 0.6) is 11.5 Å². The minimum atomic E-state index is -0.333. The minimum absolute atomic E-state index is 0.0250. The Morgan fingerprint density at radius 3 is 2.62 bits per heavy atom. The van der Waals surface area contributed by atoms with Crippen LogP contribution in [-0.2, 0) is 4.79 Å². The van der Waals surface area contributed by atoms with Gasteiger partial charge in [-0.15, -0.1) is 11.3 Å². The summed E-state index contributed by atoms with van der Waals surface area (Å²) in [6.45, 7) is 5.59. The number of amides is 2. The molecule has 7 heteroatoms. The summed E-state index contributed by atoms with van der Waals surface area (Å²) in [4.78, 5) is 28.4. The van der Waals surface area contributed by atoms with Crippen molar-refractivity contribution >= 4 is 23.2 Å². The van der Waals surface area contributed by atoms with Crippen LogP contribution in [-0.4, -0.2) is 50.6 Å². The van der Waals surface area contributed by atoms with Crippen LogP contribution < -0.4 is 14.8 Å². The van der Waals surface area contributed by atoms with Crippen LogP contribution in [0.15, 0.2) is 35.7 Å². The van der Waals surface area contributed by atoms with E-state index in [0.717, 1.165) is 5.56 Å². The molecule has 0 radical (unpaired) electrons. The van der Waals surface area contributed by atoms with Crippen molar-refractivity contribution in [1.29, 1.82) is 0 Å². The number of rotatable bonds is 7.